The van der Waals surface area contributed by atoms with Gasteiger partial charge in [-0.15, -0.1) is 0 Å². The second-order valence-electron chi connectivity index (χ2n) is 1.36. The maximum atomic E-state index is 4.90. The fourth-order valence-corrected chi connectivity index (χ4v) is 1.04. The summed E-state index contributed by atoms with van der Waals surface area (Å²) in [4.78, 5) is 0. The molecule has 1 nitrogen and oxygen atoms in total. The van der Waals surface area contributed by atoms with Gasteiger partial charge >= 0.3 is 66.9 Å². The number of epoxide rings is 1. The summed E-state index contributed by atoms with van der Waals surface area (Å²) in [6.07, 6.45) is 0.718. The fraction of sp³-hybridized carbons (Fsp3) is 1.00. The minimum absolute atomic E-state index is 0.718. The summed E-state index contributed by atoms with van der Waals surface area (Å²) < 4.78 is 6.29. The molecular weight excluding hydrogens is 91.1 g/mol. The van der Waals surface area contributed by atoms with Gasteiger partial charge in [-0.25, -0.2) is 0 Å². The van der Waals surface area contributed by atoms with Crippen molar-refractivity contribution in [3.8, 4) is 0 Å². The molecule has 1 saturated heterocycles. The van der Waals surface area contributed by atoms with E-state index in [1.807, 2.05) is 0 Å². The molecule has 0 aromatic rings. The van der Waals surface area contributed by atoms with E-state index in [9.17, 15) is 0 Å². The summed E-state index contributed by atoms with van der Waals surface area (Å²) in [6.45, 7) is 1.06. The van der Waals surface area contributed by atoms with Gasteiger partial charge in [0.05, 0.1) is 0 Å². The molecule has 1 rings (SSSR count). The second-order valence-corrected chi connectivity index (χ2v) is 2.64. The maximum absolute atomic E-state index is 4.90. The molecule has 0 bridgehead atoms. The SMILES string of the molecule is [K][CH2]C1CO1. The monoisotopic (exact) mass is 96.0 g/mol. The van der Waals surface area contributed by atoms with Gasteiger partial charge in [-0.3, -0.25) is 0 Å². The standard InChI is InChI=1S/C3H5O.K/c1-3-2-4-3;/h3H,1-2H2;. The minimum atomic E-state index is 0.718. The third-order valence-corrected chi connectivity index (χ3v) is 2.28. The Labute approximate surface area is 65.7 Å². The van der Waals surface area contributed by atoms with Crippen molar-refractivity contribution in [2.45, 2.75) is 6.62 Å². The molecule has 0 aromatic carbocycles. The Morgan fingerprint density at radius 2 is 2.60 bits per heavy atom. The second kappa shape index (κ2) is 2.05. The molecule has 0 aromatic heterocycles. The van der Waals surface area contributed by atoms with E-state index in [0.717, 1.165) is 61.7 Å². The summed E-state index contributed by atoms with van der Waals surface area (Å²) in [5.74, 6) is 0. The fourth-order valence-electron chi connectivity index (χ4n) is 0.304. The van der Waals surface area contributed by atoms with E-state index in [2.05, 4.69) is 0 Å². The zero-order valence-electron chi connectivity index (χ0n) is 3.40. The average Bonchev–Trinajstić information content (AvgIpc) is 2.12. The quantitative estimate of drug-likeness (QED) is 0.330. The first-order chi connectivity index (χ1) is 2.43. The Morgan fingerprint density at radius 3 is 2.60 bits per heavy atom. The van der Waals surface area contributed by atoms with Gasteiger partial charge in [-0.05, 0) is 0 Å². The molecule has 2 heteroatoms. The number of ether oxygens (including phenoxy) is 1. The van der Waals surface area contributed by atoms with Gasteiger partial charge in [-0.2, -0.15) is 0 Å². The molecule has 0 amide bonds. The molecule has 1 unspecified atom stereocenters. The van der Waals surface area contributed by atoms with Crippen LogP contribution in [-0.4, -0.2) is 61.7 Å². The Balaban J connectivity index is 2.00. The average molecular weight is 96.2 g/mol. The number of hydrogen-bond donors (Lipinski definition) is 0. The number of rotatable bonds is 1. The summed E-state index contributed by atoms with van der Waals surface area (Å²) >= 11 is 1.02. The van der Waals surface area contributed by atoms with E-state index < -0.39 is 0 Å². The van der Waals surface area contributed by atoms with Crippen molar-refractivity contribution in [1.82, 2.24) is 0 Å². The molecule has 0 radical (unpaired) electrons. The van der Waals surface area contributed by atoms with Crippen molar-refractivity contribution in [3.63, 3.8) is 0 Å². The van der Waals surface area contributed by atoms with Crippen molar-refractivity contribution in [3.05, 3.63) is 0 Å². The van der Waals surface area contributed by atoms with Gasteiger partial charge in [-0.1, -0.05) is 0 Å². The van der Waals surface area contributed by atoms with Crippen molar-refractivity contribution >= 4 is 49.0 Å². The Morgan fingerprint density at radius 1 is 2.00 bits per heavy atom. The molecule has 1 atom stereocenters. The molecule has 0 saturated carbocycles. The molecular formula is C3H5KO. The van der Waals surface area contributed by atoms with Crippen LogP contribution in [0.25, 0.3) is 0 Å². The van der Waals surface area contributed by atoms with Crippen LogP contribution in [0.5, 0.6) is 0 Å². The van der Waals surface area contributed by atoms with Crippen LogP contribution < -0.4 is 0 Å². The van der Waals surface area contributed by atoms with Crippen LogP contribution in [0.3, 0.4) is 0 Å². The summed E-state index contributed by atoms with van der Waals surface area (Å²) in [5.41, 5.74) is 0. The van der Waals surface area contributed by atoms with E-state index in [1.54, 1.807) is 0 Å². The van der Waals surface area contributed by atoms with Crippen LogP contribution in [-0.2, 0) is 4.74 Å². The van der Waals surface area contributed by atoms with Gasteiger partial charge < -0.3 is 0 Å². The molecule has 0 aliphatic carbocycles. The van der Waals surface area contributed by atoms with Crippen molar-refractivity contribution < 1.29 is 4.74 Å². The Kier molecular flexibility index (Phi) is 1.95. The first kappa shape index (κ1) is 4.75. The number of hydrogen-bond acceptors (Lipinski definition) is 1. The van der Waals surface area contributed by atoms with Gasteiger partial charge in [0.2, 0.25) is 0 Å². The van der Waals surface area contributed by atoms with Crippen molar-refractivity contribution in [2.75, 3.05) is 6.61 Å². The zero-order chi connectivity index (χ0) is 3.70. The van der Waals surface area contributed by atoms with E-state index in [0.29, 0.717) is 0 Å². The molecule has 1 fully saturated rings. The van der Waals surface area contributed by atoms with Crippen LogP contribution in [0.4, 0.5) is 0 Å². The molecule has 1 aliphatic heterocycles. The predicted octanol–water partition coefficient (Wildman–Crippen LogP) is -0.0280. The molecule has 5 heavy (non-hydrogen) atoms. The summed E-state index contributed by atoms with van der Waals surface area (Å²) in [7, 11) is 0. The first-order valence-corrected chi connectivity index (χ1v) is 4.26. The van der Waals surface area contributed by atoms with Crippen molar-refractivity contribution in [2.24, 2.45) is 0 Å². The molecule has 24 valence electrons. The van der Waals surface area contributed by atoms with Gasteiger partial charge in [0.1, 0.15) is 0 Å². The van der Waals surface area contributed by atoms with Crippen molar-refractivity contribution in [1.29, 1.82) is 0 Å². The third-order valence-electron chi connectivity index (χ3n) is 0.858. The van der Waals surface area contributed by atoms with Gasteiger partial charge in [0, 0.05) is 0 Å². The predicted molar refractivity (Wildman–Crippen MR) is 20.3 cm³/mol. The van der Waals surface area contributed by atoms with Crippen LogP contribution >= 0.6 is 0 Å². The van der Waals surface area contributed by atoms with Crippen LogP contribution in [0, 0.1) is 0 Å². The molecule has 0 spiro atoms. The zero-order valence-corrected chi connectivity index (χ0v) is 6.52. The van der Waals surface area contributed by atoms with Gasteiger partial charge in [0.25, 0.3) is 0 Å². The van der Waals surface area contributed by atoms with E-state index >= 15 is 0 Å². The van der Waals surface area contributed by atoms with E-state index in [1.165, 1.54) is 0.515 Å². The van der Waals surface area contributed by atoms with E-state index in [-0.39, 0.29) is 0 Å². The summed E-state index contributed by atoms with van der Waals surface area (Å²) in [5, 5.41) is 0. The van der Waals surface area contributed by atoms with Crippen LogP contribution in [0.2, 0.25) is 0.515 Å². The Bertz CT molecular complexity index is 33.9. The molecule has 1 aliphatic rings. The first-order valence-electron chi connectivity index (χ1n) is 2.05. The summed E-state index contributed by atoms with van der Waals surface area (Å²) in [6, 6.07) is 0. The van der Waals surface area contributed by atoms with Gasteiger partial charge in [0.15, 0.2) is 0 Å². The van der Waals surface area contributed by atoms with Crippen LogP contribution in [0.1, 0.15) is 0 Å². The third kappa shape index (κ3) is 1.66. The molecule has 0 N–H and O–H groups in total. The Hall–Kier alpha value is 1.60. The van der Waals surface area contributed by atoms with E-state index in [4.69, 9.17) is 4.74 Å². The molecule has 1 heterocycles. The normalized spacial score (nSPS) is 34.4. The topological polar surface area (TPSA) is 12.5 Å². The van der Waals surface area contributed by atoms with Crippen LogP contribution in [0.15, 0.2) is 0 Å².